The molecule has 0 aromatic heterocycles. The molecule has 28 heavy (non-hydrogen) atoms. The summed E-state index contributed by atoms with van der Waals surface area (Å²) >= 11 is 0. The van der Waals surface area contributed by atoms with Gasteiger partial charge in [0, 0.05) is 17.2 Å². The molecule has 3 rings (SSSR count). The summed E-state index contributed by atoms with van der Waals surface area (Å²) in [6.45, 7) is 0. The van der Waals surface area contributed by atoms with E-state index in [9.17, 15) is 14.7 Å². The van der Waals surface area contributed by atoms with Crippen molar-refractivity contribution in [1.82, 2.24) is 10.9 Å². The lowest BCUT2D eigenvalue weighted by Gasteiger charge is -2.05. The Morgan fingerprint density at radius 2 is 1.82 bits per heavy atom. The maximum Gasteiger partial charge on any atom is 0.271 e. The highest BCUT2D eigenvalue weighted by Gasteiger charge is 2.06. The van der Waals surface area contributed by atoms with Gasteiger partial charge in [0.05, 0.1) is 6.21 Å². The maximum absolute atomic E-state index is 12.3. The molecule has 0 unspecified atom stereocenters. The van der Waals surface area contributed by atoms with E-state index in [-0.39, 0.29) is 5.75 Å². The normalized spacial score (nSPS) is 11.2. The minimum absolute atomic E-state index is 0.0611. The van der Waals surface area contributed by atoms with Gasteiger partial charge in [-0.1, -0.05) is 42.5 Å². The standard InChI is InChI=1S/C21H17N3O4/c25-19-10-9-15-5-1-2-7-17(15)18(19)13-22-23-21(27)16-6-3-4-14(12-16)8-11-20(26)24-28/h1-13,25,28H,(H,23,27)(H,24,26)/b11-8+,22-13-. The van der Waals surface area contributed by atoms with E-state index in [0.717, 1.165) is 16.8 Å². The fourth-order valence-electron chi connectivity index (χ4n) is 2.63. The van der Waals surface area contributed by atoms with Crippen molar-refractivity contribution < 1.29 is 19.9 Å². The Balaban J connectivity index is 1.75. The van der Waals surface area contributed by atoms with E-state index in [1.165, 1.54) is 17.8 Å². The second-order valence-corrected chi connectivity index (χ2v) is 5.85. The van der Waals surface area contributed by atoms with Gasteiger partial charge in [-0.05, 0) is 40.6 Å². The van der Waals surface area contributed by atoms with Crippen LogP contribution in [0.15, 0.2) is 71.8 Å². The van der Waals surface area contributed by atoms with Crippen molar-refractivity contribution >= 4 is 34.9 Å². The Morgan fingerprint density at radius 3 is 2.64 bits per heavy atom. The number of hydrogen-bond acceptors (Lipinski definition) is 5. The van der Waals surface area contributed by atoms with Crippen LogP contribution in [-0.4, -0.2) is 28.3 Å². The van der Waals surface area contributed by atoms with Gasteiger partial charge in [0.15, 0.2) is 0 Å². The van der Waals surface area contributed by atoms with Crippen LogP contribution < -0.4 is 10.9 Å². The maximum atomic E-state index is 12.3. The number of carbonyl (C=O) groups excluding carboxylic acids is 2. The van der Waals surface area contributed by atoms with E-state index in [2.05, 4.69) is 10.5 Å². The molecule has 0 aliphatic rings. The first-order valence-electron chi connectivity index (χ1n) is 8.35. The lowest BCUT2D eigenvalue weighted by atomic mass is 10.0. The van der Waals surface area contributed by atoms with E-state index < -0.39 is 11.8 Å². The predicted molar refractivity (Wildman–Crippen MR) is 106 cm³/mol. The van der Waals surface area contributed by atoms with Crippen LogP contribution in [0.4, 0.5) is 0 Å². The molecule has 0 aliphatic heterocycles. The monoisotopic (exact) mass is 375 g/mol. The lowest BCUT2D eigenvalue weighted by molar-refractivity contribution is -0.124. The average molecular weight is 375 g/mol. The van der Waals surface area contributed by atoms with Crippen LogP contribution in [0.25, 0.3) is 16.8 Å². The third-order valence-corrected chi connectivity index (χ3v) is 3.99. The molecule has 3 aromatic carbocycles. The highest BCUT2D eigenvalue weighted by Crippen LogP contribution is 2.25. The quantitative estimate of drug-likeness (QED) is 0.238. The van der Waals surface area contributed by atoms with Gasteiger partial charge in [-0.3, -0.25) is 14.8 Å². The Kier molecular flexibility index (Phi) is 5.78. The fraction of sp³-hybridized carbons (Fsp3) is 0. The molecule has 7 nitrogen and oxygen atoms in total. The number of amides is 2. The highest BCUT2D eigenvalue weighted by atomic mass is 16.5. The number of hydrogen-bond donors (Lipinski definition) is 4. The summed E-state index contributed by atoms with van der Waals surface area (Å²) in [6.07, 6.45) is 3.99. The average Bonchev–Trinajstić information content (AvgIpc) is 2.73. The topological polar surface area (TPSA) is 111 Å². The van der Waals surface area contributed by atoms with E-state index in [1.807, 2.05) is 24.3 Å². The van der Waals surface area contributed by atoms with Crippen LogP contribution in [0.3, 0.4) is 0 Å². The number of hydrazone groups is 1. The van der Waals surface area contributed by atoms with Gasteiger partial charge in [0.1, 0.15) is 5.75 Å². The number of carbonyl (C=O) groups is 2. The zero-order chi connectivity index (χ0) is 19.9. The molecule has 0 saturated heterocycles. The molecule has 7 heteroatoms. The zero-order valence-electron chi connectivity index (χ0n) is 14.7. The summed E-state index contributed by atoms with van der Waals surface area (Å²) in [6, 6.07) is 17.4. The van der Waals surface area contributed by atoms with Crippen molar-refractivity contribution in [3.63, 3.8) is 0 Å². The molecule has 0 bridgehead atoms. The number of phenols is 1. The summed E-state index contributed by atoms with van der Waals surface area (Å²) in [5.41, 5.74) is 5.35. The lowest BCUT2D eigenvalue weighted by Crippen LogP contribution is -2.17. The molecular formula is C21H17N3O4. The predicted octanol–water partition coefficient (Wildman–Crippen LogP) is 2.83. The van der Waals surface area contributed by atoms with Gasteiger partial charge in [0.25, 0.3) is 11.8 Å². The first-order valence-corrected chi connectivity index (χ1v) is 8.35. The van der Waals surface area contributed by atoms with E-state index >= 15 is 0 Å². The number of benzene rings is 3. The van der Waals surface area contributed by atoms with Gasteiger partial charge in [-0.15, -0.1) is 0 Å². The molecule has 0 atom stereocenters. The molecule has 0 fully saturated rings. The molecule has 140 valence electrons. The SMILES string of the molecule is O=C(/C=C/c1cccc(C(=O)N/N=C\c2c(O)ccc3ccccc23)c1)NO. The smallest absolute Gasteiger partial charge is 0.271 e. The Bertz CT molecular complexity index is 1090. The van der Waals surface area contributed by atoms with Crippen molar-refractivity contribution in [2.75, 3.05) is 0 Å². The van der Waals surface area contributed by atoms with Crippen LogP contribution in [0.2, 0.25) is 0 Å². The Hall–Kier alpha value is -3.97. The number of hydroxylamine groups is 1. The second-order valence-electron chi connectivity index (χ2n) is 5.85. The third kappa shape index (κ3) is 4.40. The van der Waals surface area contributed by atoms with Gasteiger partial charge in [-0.2, -0.15) is 5.10 Å². The van der Waals surface area contributed by atoms with Crippen molar-refractivity contribution in [1.29, 1.82) is 0 Å². The van der Waals surface area contributed by atoms with Crippen LogP contribution in [0.1, 0.15) is 21.5 Å². The Morgan fingerprint density at radius 1 is 1.00 bits per heavy atom. The van der Waals surface area contributed by atoms with Crippen LogP contribution >= 0.6 is 0 Å². The summed E-state index contributed by atoms with van der Waals surface area (Å²) < 4.78 is 0. The molecule has 0 saturated carbocycles. The third-order valence-electron chi connectivity index (χ3n) is 3.99. The highest BCUT2D eigenvalue weighted by molar-refractivity contribution is 6.03. The largest absolute Gasteiger partial charge is 0.507 e. The molecular weight excluding hydrogens is 358 g/mol. The van der Waals surface area contributed by atoms with Gasteiger partial charge in [0.2, 0.25) is 0 Å². The van der Waals surface area contributed by atoms with Crippen molar-refractivity contribution in [2.24, 2.45) is 5.10 Å². The van der Waals surface area contributed by atoms with Crippen LogP contribution in [-0.2, 0) is 4.79 Å². The summed E-state index contributed by atoms with van der Waals surface area (Å²) in [5.74, 6) is -1.06. The first kappa shape index (κ1) is 18.8. The summed E-state index contributed by atoms with van der Waals surface area (Å²) in [5, 5.41) is 24.3. The molecule has 0 spiro atoms. The van der Waals surface area contributed by atoms with Crippen LogP contribution in [0.5, 0.6) is 5.75 Å². The van der Waals surface area contributed by atoms with E-state index in [0.29, 0.717) is 16.7 Å². The number of nitrogens with zero attached hydrogens (tertiary/aromatic N) is 1. The molecule has 4 N–H and O–H groups in total. The molecule has 0 aliphatic carbocycles. The number of phenolic OH excluding ortho intramolecular Hbond substituents is 1. The van der Waals surface area contributed by atoms with Gasteiger partial charge >= 0.3 is 0 Å². The molecule has 0 radical (unpaired) electrons. The molecule has 3 aromatic rings. The Labute approximate surface area is 160 Å². The number of nitrogens with one attached hydrogen (secondary N) is 2. The van der Waals surface area contributed by atoms with E-state index in [4.69, 9.17) is 5.21 Å². The fourth-order valence-corrected chi connectivity index (χ4v) is 2.63. The summed E-state index contributed by atoms with van der Waals surface area (Å²) in [4.78, 5) is 23.3. The van der Waals surface area contributed by atoms with Gasteiger partial charge < -0.3 is 5.11 Å². The molecule has 0 heterocycles. The van der Waals surface area contributed by atoms with Crippen molar-refractivity contribution in [3.8, 4) is 5.75 Å². The van der Waals surface area contributed by atoms with E-state index in [1.54, 1.807) is 36.4 Å². The minimum atomic E-state index is -0.672. The summed E-state index contributed by atoms with van der Waals surface area (Å²) in [7, 11) is 0. The number of rotatable bonds is 5. The first-order chi connectivity index (χ1) is 13.6. The van der Waals surface area contributed by atoms with Crippen molar-refractivity contribution in [3.05, 3.63) is 83.4 Å². The zero-order valence-corrected chi connectivity index (χ0v) is 14.7. The second kappa shape index (κ2) is 8.61. The molecule has 2 amide bonds. The number of fused-ring (bicyclic) bond motifs is 1. The minimum Gasteiger partial charge on any atom is -0.507 e. The van der Waals surface area contributed by atoms with Gasteiger partial charge in [-0.25, -0.2) is 10.9 Å². The number of aromatic hydroxyl groups is 1. The van der Waals surface area contributed by atoms with Crippen LogP contribution in [0, 0.1) is 0 Å². The van der Waals surface area contributed by atoms with Crippen molar-refractivity contribution in [2.45, 2.75) is 0 Å².